The normalized spacial score (nSPS) is 18.8. The van der Waals surface area contributed by atoms with Crippen LogP contribution in [0.3, 0.4) is 0 Å². The van der Waals surface area contributed by atoms with Crippen molar-refractivity contribution in [2.45, 2.75) is 109 Å². The number of fused-ring (bicyclic) bond motifs is 1. The van der Waals surface area contributed by atoms with Crippen LogP contribution in [0.1, 0.15) is 108 Å². The smallest absolute Gasteiger partial charge is 0.311 e. The maximum Gasteiger partial charge on any atom is 0.311 e. The Bertz CT molecular complexity index is 1120. The molecule has 8 nitrogen and oxygen atoms in total. The summed E-state index contributed by atoms with van der Waals surface area (Å²) in [6, 6.07) is 14.5. The van der Waals surface area contributed by atoms with Crippen LogP contribution in [0.15, 0.2) is 42.5 Å². The molecule has 0 saturated carbocycles. The van der Waals surface area contributed by atoms with Gasteiger partial charge < -0.3 is 33.5 Å². The van der Waals surface area contributed by atoms with Gasteiger partial charge in [-0.15, -0.1) is 0 Å². The lowest BCUT2D eigenvalue weighted by atomic mass is 9.66. The Labute approximate surface area is 270 Å². The molecule has 0 bridgehead atoms. The SMILES string of the molecule is CCCC(O)C(CCCCCCCCCC1c2ccc(OCOC)cc2OCC1(C)c1ccc(OCOC)cc1)C(=O)OCC. The summed E-state index contributed by atoms with van der Waals surface area (Å²) in [5.74, 6) is 2.04. The highest BCUT2D eigenvalue weighted by molar-refractivity contribution is 5.73. The minimum atomic E-state index is -0.610. The van der Waals surface area contributed by atoms with Gasteiger partial charge in [0.25, 0.3) is 0 Å². The molecule has 4 unspecified atom stereocenters. The zero-order valence-corrected chi connectivity index (χ0v) is 28.2. The lowest BCUT2D eigenvalue weighted by Gasteiger charge is -2.43. The van der Waals surface area contributed by atoms with Crippen molar-refractivity contribution in [3.05, 3.63) is 53.6 Å². The molecule has 1 aliphatic rings. The first kappa shape index (κ1) is 36.7. The Hall–Kier alpha value is -2.81. The number of aliphatic hydroxyl groups excluding tert-OH is 1. The van der Waals surface area contributed by atoms with Crippen molar-refractivity contribution >= 4 is 5.97 Å². The first-order valence-corrected chi connectivity index (χ1v) is 16.8. The second kappa shape index (κ2) is 19.6. The fraction of sp³-hybridized carbons (Fsp3) is 0.649. The summed E-state index contributed by atoms with van der Waals surface area (Å²) in [5, 5.41) is 10.4. The molecule has 1 N–H and O–H groups in total. The maximum absolute atomic E-state index is 12.3. The third kappa shape index (κ3) is 10.9. The zero-order chi connectivity index (χ0) is 32.5. The second-order valence-corrected chi connectivity index (χ2v) is 12.4. The molecule has 252 valence electrons. The van der Waals surface area contributed by atoms with E-state index in [1.54, 1.807) is 14.2 Å². The molecule has 0 aliphatic carbocycles. The van der Waals surface area contributed by atoms with Crippen molar-refractivity contribution in [1.29, 1.82) is 0 Å². The van der Waals surface area contributed by atoms with E-state index in [2.05, 4.69) is 25.1 Å². The first-order valence-electron chi connectivity index (χ1n) is 16.8. The molecular formula is C37H56O8. The minimum absolute atomic E-state index is 0.195. The quantitative estimate of drug-likeness (QED) is 0.0798. The number of carbonyl (C=O) groups excluding carboxylic acids is 1. The van der Waals surface area contributed by atoms with Crippen LogP contribution in [-0.2, 0) is 24.4 Å². The van der Waals surface area contributed by atoms with Gasteiger partial charge in [0.2, 0.25) is 0 Å². The average Bonchev–Trinajstić information content (AvgIpc) is 3.04. The third-order valence-electron chi connectivity index (χ3n) is 9.00. The van der Waals surface area contributed by atoms with Crippen molar-refractivity contribution in [3.63, 3.8) is 0 Å². The van der Waals surface area contributed by atoms with Gasteiger partial charge in [-0.2, -0.15) is 0 Å². The molecule has 2 aromatic carbocycles. The van der Waals surface area contributed by atoms with E-state index in [-0.39, 0.29) is 30.9 Å². The summed E-state index contributed by atoms with van der Waals surface area (Å²) in [5.41, 5.74) is 2.25. The van der Waals surface area contributed by atoms with Crippen LogP contribution in [-0.4, -0.2) is 58.2 Å². The van der Waals surface area contributed by atoms with Crippen LogP contribution < -0.4 is 14.2 Å². The largest absolute Gasteiger partial charge is 0.492 e. The molecule has 2 aromatic rings. The number of methoxy groups -OCH3 is 2. The fourth-order valence-corrected chi connectivity index (χ4v) is 6.44. The van der Waals surface area contributed by atoms with Gasteiger partial charge in [0, 0.05) is 31.6 Å². The molecule has 3 rings (SSSR count). The molecule has 45 heavy (non-hydrogen) atoms. The van der Waals surface area contributed by atoms with E-state index in [0.717, 1.165) is 55.8 Å². The summed E-state index contributed by atoms with van der Waals surface area (Å²) in [7, 11) is 3.23. The number of aliphatic hydroxyl groups is 1. The molecule has 1 aliphatic heterocycles. The lowest BCUT2D eigenvalue weighted by molar-refractivity contribution is -0.152. The highest BCUT2D eigenvalue weighted by Crippen LogP contribution is 2.50. The predicted molar refractivity (Wildman–Crippen MR) is 176 cm³/mol. The third-order valence-corrected chi connectivity index (χ3v) is 9.00. The molecule has 8 heteroatoms. The topological polar surface area (TPSA) is 92.7 Å². The van der Waals surface area contributed by atoms with Gasteiger partial charge in [0.15, 0.2) is 13.6 Å². The van der Waals surface area contributed by atoms with Crippen molar-refractivity contribution in [3.8, 4) is 17.2 Å². The highest BCUT2D eigenvalue weighted by atomic mass is 16.7. The van der Waals surface area contributed by atoms with E-state index in [1.807, 2.05) is 38.1 Å². The zero-order valence-electron chi connectivity index (χ0n) is 28.2. The van der Waals surface area contributed by atoms with Crippen LogP contribution >= 0.6 is 0 Å². The van der Waals surface area contributed by atoms with Crippen molar-refractivity contribution in [2.75, 3.05) is 41.0 Å². The number of benzene rings is 2. The number of ether oxygens (including phenoxy) is 6. The number of hydrogen-bond acceptors (Lipinski definition) is 8. The number of hydrogen-bond donors (Lipinski definition) is 1. The van der Waals surface area contributed by atoms with Crippen molar-refractivity contribution in [1.82, 2.24) is 0 Å². The molecule has 0 aromatic heterocycles. The van der Waals surface area contributed by atoms with Gasteiger partial charge >= 0.3 is 5.97 Å². The molecule has 0 radical (unpaired) electrons. The predicted octanol–water partition coefficient (Wildman–Crippen LogP) is 7.94. The van der Waals surface area contributed by atoms with Gasteiger partial charge in [0.1, 0.15) is 17.2 Å². The second-order valence-electron chi connectivity index (χ2n) is 12.4. The summed E-state index contributed by atoms with van der Waals surface area (Å²) >= 11 is 0. The van der Waals surface area contributed by atoms with Crippen molar-refractivity contribution in [2.24, 2.45) is 5.92 Å². The van der Waals surface area contributed by atoms with E-state index in [4.69, 9.17) is 28.4 Å². The maximum atomic E-state index is 12.3. The van der Waals surface area contributed by atoms with E-state index >= 15 is 0 Å². The lowest BCUT2D eigenvalue weighted by Crippen LogP contribution is -2.40. The van der Waals surface area contributed by atoms with Gasteiger partial charge in [-0.05, 0) is 55.5 Å². The molecule has 0 spiro atoms. The molecule has 1 heterocycles. The number of rotatable bonds is 22. The van der Waals surface area contributed by atoms with Gasteiger partial charge in [-0.25, -0.2) is 0 Å². The summed E-state index contributed by atoms with van der Waals surface area (Å²) in [6.45, 7) is 7.50. The van der Waals surface area contributed by atoms with E-state index in [9.17, 15) is 9.90 Å². The Balaban J connectivity index is 1.56. The summed E-state index contributed by atoms with van der Waals surface area (Å²) in [4.78, 5) is 12.3. The molecular weight excluding hydrogens is 572 g/mol. The molecule has 0 amide bonds. The van der Waals surface area contributed by atoms with Crippen molar-refractivity contribution < 1.29 is 38.3 Å². The number of esters is 1. The first-order chi connectivity index (χ1) is 21.9. The van der Waals surface area contributed by atoms with Crippen LogP contribution in [0.5, 0.6) is 17.2 Å². The molecule has 4 atom stereocenters. The Morgan fingerprint density at radius 1 is 0.889 bits per heavy atom. The standard InChI is InChI=1S/C37H56O8/c1-6-15-34(38)32(36(39)42-7-2)16-13-11-9-8-10-12-14-17-33-31-23-22-30(45-27-41-5)24-35(31)43-25-37(33,3)28-18-20-29(21-19-28)44-26-40-4/h18-24,32-34,38H,6-17,25-27H2,1-5H3. The van der Waals surface area contributed by atoms with Gasteiger partial charge in [-0.3, -0.25) is 4.79 Å². The highest BCUT2D eigenvalue weighted by Gasteiger charge is 2.42. The van der Waals surface area contributed by atoms with Crippen LogP contribution in [0, 0.1) is 5.92 Å². The summed E-state index contributed by atoms with van der Waals surface area (Å²) in [6.07, 6.45) is 10.4. The monoisotopic (exact) mass is 628 g/mol. The Morgan fingerprint density at radius 2 is 1.51 bits per heavy atom. The van der Waals surface area contributed by atoms with E-state index in [0.29, 0.717) is 26.1 Å². The number of carbonyl (C=O) groups is 1. The molecule has 0 fully saturated rings. The van der Waals surface area contributed by atoms with E-state index < -0.39 is 12.0 Å². The van der Waals surface area contributed by atoms with Gasteiger partial charge in [0.05, 0.1) is 25.2 Å². The Kier molecular flexibility index (Phi) is 16.0. The van der Waals surface area contributed by atoms with Crippen LogP contribution in [0.25, 0.3) is 0 Å². The van der Waals surface area contributed by atoms with Crippen LogP contribution in [0.4, 0.5) is 0 Å². The number of unbranched alkanes of at least 4 members (excludes halogenated alkanes) is 6. The molecule has 0 saturated heterocycles. The van der Waals surface area contributed by atoms with Crippen LogP contribution in [0.2, 0.25) is 0 Å². The van der Waals surface area contributed by atoms with Gasteiger partial charge in [-0.1, -0.05) is 83.4 Å². The average molecular weight is 629 g/mol. The Morgan fingerprint density at radius 3 is 2.16 bits per heavy atom. The fourth-order valence-electron chi connectivity index (χ4n) is 6.44. The summed E-state index contributed by atoms with van der Waals surface area (Å²) < 4.78 is 33.0. The van der Waals surface area contributed by atoms with E-state index in [1.165, 1.54) is 30.4 Å². The minimum Gasteiger partial charge on any atom is -0.492 e.